The van der Waals surface area contributed by atoms with Crippen LogP contribution in [0.2, 0.25) is 8.67 Å². The van der Waals surface area contributed by atoms with Crippen LogP contribution in [0.5, 0.6) is 5.75 Å². The summed E-state index contributed by atoms with van der Waals surface area (Å²) in [5.74, 6) is -0.153. The van der Waals surface area contributed by atoms with Crippen LogP contribution in [0.25, 0.3) is 0 Å². The molecule has 1 unspecified atom stereocenters. The summed E-state index contributed by atoms with van der Waals surface area (Å²) in [6, 6.07) is 14.8. The van der Waals surface area contributed by atoms with E-state index in [1.807, 2.05) is 6.07 Å². The van der Waals surface area contributed by atoms with Gasteiger partial charge in [-0.15, -0.1) is 11.3 Å². The van der Waals surface area contributed by atoms with Crippen molar-refractivity contribution in [3.8, 4) is 5.75 Å². The number of anilines is 3. The third-order valence-electron chi connectivity index (χ3n) is 3.70. The minimum atomic E-state index is -2.74. The number of ether oxygens (including phenoxy) is 1. The summed E-state index contributed by atoms with van der Waals surface area (Å²) >= 11 is 10.4. The van der Waals surface area contributed by atoms with Crippen LogP contribution < -0.4 is 14.4 Å². The molecule has 6 nitrogen and oxygen atoms in total. The zero-order valence-corrected chi connectivity index (χ0v) is 17.5. The Hall–Kier alpha value is -2.10. The van der Waals surface area contributed by atoms with Crippen molar-refractivity contribution < 1.29 is 18.3 Å². The summed E-state index contributed by atoms with van der Waals surface area (Å²) in [6.45, 7) is 0. The highest BCUT2D eigenvalue weighted by Crippen LogP contribution is 2.44. The van der Waals surface area contributed by atoms with Gasteiger partial charge in [-0.25, -0.2) is 0 Å². The van der Waals surface area contributed by atoms with Crippen LogP contribution in [-0.2, 0) is 11.3 Å². The fourth-order valence-electron chi connectivity index (χ4n) is 2.48. The van der Waals surface area contributed by atoms with E-state index in [2.05, 4.69) is 5.32 Å². The number of hydrogen-bond donors (Lipinski definition) is 1. The highest BCUT2D eigenvalue weighted by Gasteiger charge is 2.22. The van der Waals surface area contributed by atoms with Crippen LogP contribution >= 0.6 is 34.5 Å². The summed E-state index contributed by atoms with van der Waals surface area (Å²) in [7, 11) is 1.40. The topological polar surface area (TPSA) is 81.7 Å². The van der Waals surface area contributed by atoms with E-state index in [-0.39, 0.29) is 27.0 Å². The Labute approximate surface area is 178 Å². The maximum atomic E-state index is 12.6. The van der Waals surface area contributed by atoms with Crippen molar-refractivity contribution in [1.82, 2.24) is 0 Å². The number of hydrogen-bond acceptors (Lipinski definition) is 5. The van der Waals surface area contributed by atoms with Crippen molar-refractivity contribution in [2.75, 3.05) is 16.7 Å². The second-order valence-corrected chi connectivity index (χ2v) is 8.51. The first kappa shape index (κ1) is 20.6. The monoisotopic (exact) mass is 455 g/mol. The predicted octanol–water partition coefficient (Wildman–Crippen LogP) is 5.25. The fraction of sp³-hybridized carbons (Fsp3) is 0.0556. The Morgan fingerprint density at radius 1 is 1.14 bits per heavy atom. The summed E-state index contributed by atoms with van der Waals surface area (Å²) in [4.78, 5) is 12.6. The molecule has 0 fully saturated rings. The minimum Gasteiger partial charge on any atom is -0.755 e. The first-order chi connectivity index (χ1) is 13.4. The highest BCUT2D eigenvalue weighted by molar-refractivity contribution is 7.81. The van der Waals surface area contributed by atoms with Gasteiger partial charge in [0.05, 0.1) is 34.1 Å². The number of methoxy groups -OCH3 is 1. The van der Waals surface area contributed by atoms with Crippen LogP contribution in [0.15, 0.2) is 54.6 Å². The molecule has 3 aromatic rings. The molecular formula is C18H13Cl2N2O4S2-. The van der Waals surface area contributed by atoms with E-state index in [0.29, 0.717) is 10.0 Å². The lowest BCUT2D eigenvalue weighted by Crippen LogP contribution is -2.21. The van der Waals surface area contributed by atoms with Crippen LogP contribution in [-0.4, -0.2) is 21.8 Å². The number of thiophene rings is 1. The average molecular weight is 456 g/mol. The van der Waals surface area contributed by atoms with Gasteiger partial charge < -0.3 is 14.6 Å². The van der Waals surface area contributed by atoms with E-state index in [1.54, 1.807) is 24.3 Å². The van der Waals surface area contributed by atoms with Gasteiger partial charge >= 0.3 is 0 Å². The summed E-state index contributed by atoms with van der Waals surface area (Å²) < 4.78 is 30.7. The number of benzene rings is 2. The van der Waals surface area contributed by atoms with Gasteiger partial charge in [0.15, 0.2) is 0 Å². The molecule has 146 valence electrons. The molecule has 28 heavy (non-hydrogen) atoms. The maximum absolute atomic E-state index is 12.6. The highest BCUT2D eigenvalue weighted by atomic mass is 35.5. The molecule has 0 saturated heterocycles. The molecular weight excluding hydrogens is 443 g/mol. The number of carbonyl (C=O) groups is 1. The number of para-hydroxylation sites is 1. The first-order valence-corrected chi connectivity index (χ1v) is 10.4. The second kappa shape index (κ2) is 8.93. The van der Waals surface area contributed by atoms with Crippen LogP contribution in [0.4, 0.5) is 17.1 Å². The summed E-state index contributed by atoms with van der Waals surface area (Å²) in [5, 5.41) is 2.75. The molecule has 1 atom stereocenters. The molecule has 0 radical (unpaired) electrons. The van der Waals surface area contributed by atoms with Crippen molar-refractivity contribution in [3.63, 3.8) is 0 Å². The number of amides is 1. The van der Waals surface area contributed by atoms with Gasteiger partial charge in [-0.05, 0) is 36.4 Å². The van der Waals surface area contributed by atoms with E-state index in [4.69, 9.17) is 27.9 Å². The zero-order chi connectivity index (χ0) is 20.3. The van der Waals surface area contributed by atoms with E-state index in [9.17, 15) is 13.6 Å². The lowest BCUT2D eigenvalue weighted by Gasteiger charge is -2.27. The second-order valence-electron chi connectivity index (χ2n) is 5.43. The van der Waals surface area contributed by atoms with Gasteiger partial charge in [-0.1, -0.05) is 41.4 Å². The van der Waals surface area contributed by atoms with Crippen molar-refractivity contribution in [3.05, 3.63) is 68.8 Å². The quantitative estimate of drug-likeness (QED) is 0.514. The Kier molecular flexibility index (Phi) is 6.58. The number of halogens is 2. The average Bonchev–Trinajstić information content (AvgIpc) is 3.00. The van der Waals surface area contributed by atoms with Crippen LogP contribution in [0.1, 0.15) is 10.4 Å². The molecule has 10 heteroatoms. The van der Waals surface area contributed by atoms with Gasteiger partial charge in [0.1, 0.15) is 10.1 Å². The third-order valence-corrected chi connectivity index (χ3v) is 5.86. The van der Waals surface area contributed by atoms with E-state index in [0.717, 1.165) is 15.6 Å². The van der Waals surface area contributed by atoms with Crippen molar-refractivity contribution in [1.29, 1.82) is 0 Å². The van der Waals surface area contributed by atoms with E-state index >= 15 is 0 Å². The lowest BCUT2D eigenvalue weighted by atomic mass is 10.1. The normalized spacial score (nSPS) is 11.7. The number of nitrogens with zero attached hydrogens (tertiary/aromatic N) is 1. The minimum absolute atomic E-state index is 0.132. The van der Waals surface area contributed by atoms with E-state index in [1.165, 1.54) is 31.4 Å². The predicted molar refractivity (Wildman–Crippen MR) is 113 cm³/mol. The SMILES string of the molecule is COc1ccc(C(=O)Nc2ccccc2)cc1N(c1cc(Cl)sc1Cl)S(=O)[O-]. The molecule has 2 aromatic carbocycles. The summed E-state index contributed by atoms with van der Waals surface area (Å²) in [6.07, 6.45) is 0. The Morgan fingerprint density at radius 3 is 2.43 bits per heavy atom. The molecule has 0 aliphatic rings. The first-order valence-electron chi connectivity index (χ1n) is 7.79. The van der Waals surface area contributed by atoms with Crippen molar-refractivity contribution >= 4 is 68.8 Å². The molecule has 0 saturated carbocycles. The fourth-order valence-corrected chi connectivity index (χ4v) is 4.63. The molecule has 1 heterocycles. The van der Waals surface area contributed by atoms with Crippen molar-refractivity contribution in [2.24, 2.45) is 0 Å². The molecule has 1 aromatic heterocycles. The number of nitrogens with one attached hydrogen (secondary N) is 1. The number of rotatable bonds is 6. The maximum Gasteiger partial charge on any atom is 0.255 e. The molecule has 0 aliphatic carbocycles. The van der Waals surface area contributed by atoms with Crippen LogP contribution in [0.3, 0.4) is 0 Å². The largest absolute Gasteiger partial charge is 0.755 e. The van der Waals surface area contributed by atoms with Gasteiger partial charge in [-0.3, -0.25) is 13.3 Å². The third kappa shape index (κ3) is 4.48. The van der Waals surface area contributed by atoms with E-state index < -0.39 is 17.2 Å². The lowest BCUT2D eigenvalue weighted by molar-refractivity contribution is 0.102. The Bertz CT molecular complexity index is 1030. The molecule has 0 bridgehead atoms. The van der Waals surface area contributed by atoms with Gasteiger partial charge in [0.2, 0.25) is 0 Å². The molecule has 1 amide bonds. The summed E-state index contributed by atoms with van der Waals surface area (Å²) in [5.41, 5.74) is 1.16. The Morgan fingerprint density at radius 2 is 1.86 bits per heavy atom. The van der Waals surface area contributed by atoms with Gasteiger partial charge in [0, 0.05) is 11.3 Å². The molecule has 0 spiro atoms. The zero-order valence-electron chi connectivity index (χ0n) is 14.3. The number of carbonyl (C=O) groups excluding carboxylic acids is 1. The van der Waals surface area contributed by atoms with Crippen LogP contribution in [0, 0.1) is 0 Å². The standard InChI is InChI=1S/C18H14Cl2N2O4S2/c1-26-15-8-7-11(18(23)21-12-5-3-2-4-6-12)9-13(15)22(28(24)25)14-10-16(19)27-17(14)20/h2-10H,1H3,(H,21,23)(H,24,25)/p-1. The van der Waals surface area contributed by atoms with Crippen molar-refractivity contribution in [2.45, 2.75) is 0 Å². The van der Waals surface area contributed by atoms with Gasteiger partial charge in [0.25, 0.3) is 5.91 Å². The molecule has 3 rings (SSSR count). The molecule has 1 N–H and O–H groups in total. The smallest absolute Gasteiger partial charge is 0.255 e. The Balaban J connectivity index is 2.03. The van der Waals surface area contributed by atoms with Gasteiger partial charge in [-0.2, -0.15) is 0 Å². The molecule has 0 aliphatic heterocycles.